The van der Waals surface area contributed by atoms with Crippen LogP contribution in [0.25, 0.3) is 0 Å². The van der Waals surface area contributed by atoms with Gasteiger partial charge in [-0.1, -0.05) is 19.8 Å². The molecule has 0 aromatic rings. The van der Waals surface area contributed by atoms with Crippen molar-refractivity contribution in [1.82, 2.24) is 0 Å². The molecule has 0 aromatic carbocycles. The summed E-state index contributed by atoms with van der Waals surface area (Å²) in [6, 6.07) is 0. The molecular weight excluding hydrogens is 190 g/mol. The van der Waals surface area contributed by atoms with Gasteiger partial charge >= 0.3 is 10.3 Å². The molecule has 0 unspecified atom stereocenters. The molecule has 0 radical (unpaired) electrons. The van der Waals surface area contributed by atoms with E-state index in [2.05, 4.69) is 6.92 Å². The summed E-state index contributed by atoms with van der Waals surface area (Å²) in [5.74, 6) is 0. The molecule has 0 amide bonds. The van der Waals surface area contributed by atoms with E-state index in [1.165, 1.54) is 14.1 Å². The van der Waals surface area contributed by atoms with Gasteiger partial charge < -0.3 is 0 Å². The zero-order valence-corrected chi connectivity index (χ0v) is 9.47. The number of quaternary nitrogens is 1. The van der Waals surface area contributed by atoms with E-state index in [4.69, 9.17) is 4.55 Å². The Hall–Kier alpha value is -0.130. The molecule has 0 heterocycles. The maximum absolute atomic E-state index is 10.8. The van der Waals surface area contributed by atoms with Gasteiger partial charge in [-0.2, -0.15) is 3.89 Å². The number of rotatable bonds is 6. The second kappa shape index (κ2) is 4.93. The van der Waals surface area contributed by atoms with Crippen LogP contribution in [0.2, 0.25) is 0 Å². The largest absolute Gasteiger partial charge is 0.432 e. The molecule has 0 spiro atoms. The van der Waals surface area contributed by atoms with Gasteiger partial charge in [-0.05, 0) is 12.8 Å². The molecule has 0 saturated heterocycles. The molecule has 5 heteroatoms. The van der Waals surface area contributed by atoms with Gasteiger partial charge in [0.1, 0.15) is 0 Å². The average Bonchev–Trinajstić information content (AvgIpc) is 1.96. The van der Waals surface area contributed by atoms with Crippen LogP contribution in [0.3, 0.4) is 0 Å². The molecule has 0 saturated carbocycles. The molecule has 0 aliphatic heterocycles. The molecule has 1 N–H and O–H groups in total. The third-order valence-corrected chi connectivity index (χ3v) is 3.61. The predicted molar refractivity (Wildman–Crippen MR) is 52.7 cm³/mol. The lowest BCUT2D eigenvalue weighted by atomic mass is 10.2. The van der Waals surface area contributed by atoms with Crippen molar-refractivity contribution in [3.63, 3.8) is 0 Å². The Morgan fingerprint density at radius 2 is 1.69 bits per heavy atom. The van der Waals surface area contributed by atoms with Crippen LogP contribution in [0.1, 0.15) is 32.6 Å². The lowest BCUT2D eigenvalue weighted by Crippen LogP contribution is -2.45. The fraction of sp³-hybridized carbons (Fsp3) is 1.00. The maximum atomic E-state index is 10.8. The van der Waals surface area contributed by atoms with Crippen LogP contribution in [0.4, 0.5) is 0 Å². The van der Waals surface area contributed by atoms with Crippen molar-refractivity contribution in [3.05, 3.63) is 0 Å². The first-order valence-corrected chi connectivity index (χ1v) is 6.01. The van der Waals surface area contributed by atoms with E-state index in [1.807, 2.05) is 0 Å². The Morgan fingerprint density at radius 1 is 1.15 bits per heavy atom. The van der Waals surface area contributed by atoms with Crippen LogP contribution in [0.15, 0.2) is 0 Å². The SMILES string of the molecule is CCCCCC[N+](C)(C)S(=O)(=O)O. The summed E-state index contributed by atoms with van der Waals surface area (Å²) in [7, 11) is -0.950. The lowest BCUT2D eigenvalue weighted by Gasteiger charge is -2.24. The van der Waals surface area contributed by atoms with Gasteiger partial charge in [0.25, 0.3) is 0 Å². The van der Waals surface area contributed by atoms with Gasteiger partial charge in [0.15, 0.2) is 0 Å². The van der Waals surface area contributed by atoms with Crippen molar-refractivity contribution >= 4 is 10.3 Å². The first-order chi connectivity index (χ1) is 5.81. The summed E-state index contributed by atoms with van der Waals surface area (Å²) in [5.41, 5.74) is 0. The van der Waals surface area contributed by atoms with Gasteiger partial charge in [-0.15, -0.1) is 8.42 Å². The first-order valence-electron chi connectivity index (χ1n) is 4.62. The summed E-state index contributed by atoms with van der Waals surface area (Å²) in [6.07, 6.45) is 4.10. The Bertz CT molecular complexity index is 234. The summed E-state index contributed by atoms with van der Waals surface area (Å²) in [4.78, 5) is 0. The standard InChI is InChI=1S/C8H19NO3S/c1-4-5-6-7-8-9(2,3)13(10,11)12/h4-8H2,1-3H3/p+1. The topological polar surface area (TPSA) is 54.4 Å². The quantitative estimate of drug-likeness (QED) is 0.410. The third kappa shape index (κ3) is 4.59. The van der Waals surface area contributed by atoms with Crippen molar-refractivity contribution in [3.8, 4) is 0 Å². The maximum Gasteiger partial charge on any atom is 0.432 e. The van der Waals surface area contributed by atoms with Crippen molar-refractivity contribution in [2.24, 2.45) is 0 Å². The van der Waals surface area contributed by atoms with Gasteiger partial charge in [-0.25, -0.2) is 4.55 Å². The first kappa shape index (κ1) is 12.9. The van der Waals surface area contributed by atoms with E-state index >= 15 is 0 Å². The van der Waals surface area contributed by atoms with Gasteiger partial charge in [0.2, 0.25) is 0 Å². The van der Waals surface area contributed by atoms with Crippen molar-refractivity contribution in [1.29, 1.82) is 0 Å². The predicted octanol–water partition coefficient (Wildman–Crippen LogP) is 1.45. The minimum absolute atomic E-state index is 0.337. The minimum Gasteiger partial charge on any atom is -0.241 e. The number of unbranched alkanes of at least 4 members (excludes halogenated alkanes) is 3. The highest BCUT2D eigenvalue weighted by Crippen LogP contribution is 2.09. The Labute approximate surface area is 81.0 Å². The number of hydrogen-bond acceptors (Lipinski definition) is 2. The van der Waals surface area contributed by atoms with Crippen LogP contribution >= 0.6 is 0 Å². The molecule has 0 aliphatic carbocycles. The molecule has 0 fully saturated rings. The molecular formula is C8H20NO3S+. The average molecular weight is 210 g/mol. The second-order valence-corrected chi connectivity index (χ2v) is 5.69. The Morgan fingerprint density at radius 3 is 2.08 bits per heavy atom. The number of nitrogens with zero attached hydrogens (tertiary/aromatic N) is 1. The molecule has 0 aromatic heterocycles. The second-order valence-electron chi connectivity index (χ2n) is 3.81. The Balaban J connectivity index is 3.91. The van der Waals surface area contributed by atoms with E-state index in [-0.39, 0.29) is 3.89 Å². The smallest absolute Gasteiger partial charge is 0.241 e. The fourth-order valence-corrected chi connectivity index (χ4v) is 1.39. The van der Waals surface area contributed by atoms with Gasteiger partial charge in [-0.3, -0.25) is 0 Å². The van der Waals surface area contributed by atoms with E-state index in [0.29, 0.717) is 6.54 Å². The molecule has 0 bridgehead atoms. The highest BCUT2D eigenvalue weighted by atomic mass is 32.2. The summed E-state index contributed by atoms with van der Waals surface area (Å²) in [6.45, 7) is 2.57. The van der Waals surface area contributed by atoms with Crippen molar-refractivity contribution in [2.75, 3.05) is 20.6 Å². The highest BCUT2D eigenvalue weighted by Gasteiger charge is 2.29. The van der Waals surface area contributed by atoms with E-state index < -0.39 is 10.3 Å². The molecule has 0 atom stereocenters. The van der Waals surface area contributed by atoms with Gasteiger partial charge in [0, 0.05) is 0 Å². The van der Waals surface area contributed by atoms with Crippen LogP contribution in [-0.2, 0) is 10.3 Å². The number of hydrogen-bond donors (Lipinski definition) is 1. The lowest BCUT2D eigenvalue weighted by molar-refractivity contribution is -0.767. The molecule has 0 rings (SSSR count). The zero-order valence-electron chi connectivity index (χ0n) is 8.65. The van der Waals surface area contributed by atoms with Crippen LogP contribution in [0.5, 0.6) is 0 Å². The van der Waals surface area contributed by atoms with Crippen LogP contribution < -0.4 is 0 Å². The third-order valence-electron chi connectivity index (χ3n) is 2.17. The fourth-order valence-electron chi connectivity index (χ4n) is 1.03. The summed E-state index contributed by atoms with van der Waals surface area (Å²) in [5, 5.41) is 0. The van der Waals surface area contributed by atoms with E-state index in [0.717, 1.165) is 25.7 Å². The zero-order chi connectivity index (χ0) is 10.5. The monoisotopic (exact) mass is 210 g/mol. The Kier molecular flexibility index (Phi) is 4.88. The van der Waals surface area contributed by atoms with Crippen molar-refractivity contribution in [2.45, 2.75) is 32.6 Å². The van der Waals surface area contributed by atoms with Crippen molar-refractivity contribution < 1.29 is 16.9 Å². The van der Waals surface area contributed by atoms with E-state index in [1.54, 1.807) is 0 Å². The molecule has 4 nitrogen and oxygen atoms in total. The van der Waals surface area contributed by atoms with Gasteiger partial charge in [0.05, 0.1) is 20.6 Å². The normalized spacial score (nSPS) is 13.2. The van der Waals surface area contributed by atoms with Crippen LogP contribution in [-0.4, -0.2) is 37.5 Å². The molecule has 0 aliphatic rings. The summed E-state index contributed by atoms with van der Waals surface area (Å²) < 4.78 is 30.2. The van der Waals surface area contributed by atoms with E-state index in [9.17, 15) is 8.42 Å². The molecule has 80 valence electrons. The minimum atomic E-state index is -3.95. The highest BCUT2D eigenvalue weighted by molar-refractivity contribution is 7.80. The summed E-state index contributed by atoms with van der Waals surface area (Å²) >= 11 is 0. The van der Waals surface area contributed by atoms with Crippen LogP contribution in [0, 0.1) is 0 Å². The molecule has 13 heavy (non-hydrogen) atoms.